The van der Waals surface area contributed by atoms with E-state index in [1.165, 1.54) is 0 Å². The van der Waals surface area contributed by atoms with Gasteiger partial charge in [-0.25, -0.2) is 9.78 Å². The van der Waals surface area contributed by atoms with Gasteiger partial charge in [0.15, 0.2) is 5.82 Å². The number of carbonyl (C=O) groups is 1. The van der Waals surface area contributed by atoms with Crippen LogP contribution in [0.3, 0.4) is 0 Å². The first-order valence-corrected chi connectivity index (χ1v) is 9.97. The number of nitrogens with zero attached hydrogens (tertiary/aromatic N) is 2. The average Bonchev–Trinajstić information content (AvgIpc) is 3.06. The van der Waals surface area contributed by atoms with Crippen molar-refractivity contribution in [1.29, 1.82) is 0 Å². The second-order valence-corrected chi connectivity index (χ2v) is 8.80. The van der Waals surface area contributed by atoms with Crippen LogP contribution in [-0.2, 0) is 17.7 Å². The van der Waals surface area contributed by atoms with Crippen molar-refractivity contribution in [3.63, 3.8) is 0 Å². The van der Waals surface area contributed by atoms with E-state index in [-0.39, 0.29) is 11.6 Å². The highest BCUT2D eigenvalue weighted by Crippen LogP contribution is 2.22. The molecular formula is C19H26N4O3S. The number of ether oxygens (including phenoxy) is 1. The number of aromatic amines is 1. The van der Waals surface area contributed by atoms with E-state index in [0.717, 1.165) is 22.7 Å². The second-order valence-electron chi connectivity index (χ2n) is 7.85. The van der Waals surface area contributed by atoms with Gasteiger partial charge in [0, 0.05) is 31.2 Å². The van der Waals surface area contributed by atoms with E-state index in [4.69, 9.17) is 4.74 Å². The summed E-state index contributed by atoms with van der Waals surface area (Å²) in [6.45, 7) is 9.49. The smallest absolute Gasteiger partial charge is 0.407 e. The molecule has 2 aromatic rings. The Hall–Kier alpha value is -2.19. The molecule has 0 aliphatic carbocycles. The van der Waals surface area contributed by atoms with Gasteiger partial charge < -0.3 is 15.0 Å². The highest BCUT2D eigenvalue weighted by Gasteiger charge is 2.24. The SMILES string of the molecule is CC(CN1CCc2c(nc(-c3cccs3)[nH]c2=O)C1)NC(=O)OC(C)(C)C. The topological polar surface area (TPSA) is 87.3 Å². The summed E-state index contributed by atoms with van der Waals surface area (Å²) in [6.07, 6.45) is 0.239. The molecule has 1 aliphatic rings. The van der Waals surface area contributed by atoms with Crippen LogP contribution < -0.4 is 10.9 Å². The maximum Gasteiger partial charge on any atom is 0.407 e. The molecule has 0 spiro atoms. The Labute approximate surface area is 162 Å². The number of amides is 1. The Bertz CT molecular complexity index is 855. The van der Waals surface area contributed by atoms with Crippen LogP contribution in [0, 0.1) is 0 Å². The second kappa shape index (κ2) is 7.82. The van der Waals surface area contributed by atoms with Gasteiger partial charge >= 0.3 is 6.09 Å². The third-order valence-electron chi connectivity index (χ3n) is 4.20. The third kappa shape index (κ3) is 5.17. The van der Waals surface area contributed by atoms with Crippen LogP contribution in [0.4, 0.5) is 4.79 Å². The Morgan fingerprint density at radius 3 is 2.93 bits per heavy atom. The van der Waals surface area contributed by atoms with Crippen LogP contribution in [0.25, 0.3) is 10.7 Å². The molecule has 1 atom stereocenters. The molecule has 1 amide bonds. The minimum absolute atomic E-state index is 0.0528. The molecule has 7 nitrogen and oxygen atoms in total. The van der Waals surface area contributed by atoms with Gasteiger partial charge in [-0.1, -0.05) is 6.07 Å². The average molecular weight is 391 g/mol. The van der Waals surface area contributed by atoms with Crippen molar-refractivity contribution in [2.24, 2.45) is 0 Å². The van der Waals surface area contributed by atoms with E-state index in [0.29, 0.717) is 25.3 Å². The summed E-state index contributed by atoms with van der Waals surface area (Å²) in [5, 5.41) is 4.83. The lowest BCUT2D eigenvalue weighted by Gasteiger charge is -2.30. The molecule has 3 heterocycles. The summed E-state index contributed by atoms with van der Waals surface area (Å²) in [6, 6.07) is 3.82. The number of nitrogens with one attached hydrogen (secondary N) is 2. The number of aromatic nitrogens is 2. The van der Waals surface area contributed by atoms with Gasteiger partial charge in [-0.2, -0.15) is 0 Å². The Morgan fingerprint density at radius 2 is 2.26 bits per heavy atom. The molecule has 0 saturated heterocycles. The predicted octanol–water partition coefficient (Wildman–Crippen LogP) is 2.77. The molecule has 0 fully saturated rings. The van der Waals surface area contributed by atoms with Gasteiger partial charge in [-0.15, -0.1) is 11.3 Å². The largest absolute Gasteiger partial charge is 0.444 e. The van der Waals surface area contributed by atoms with E-state index in [1.54, 1.807) is 11.3 Å². The Morgan fingerprint density at radius 1 is 1.48 bits per heavy atom. The highest BCUT2D eigenvalue weighted by atomic mass is 32.1. The molecule has 146 valence electrons. The molecule has 1 aliphatic heterocycles. The quantitative estimate of drug-likeness (QED) is 0.838. The van der Waals surface area contributed by atoms with E-state index in [2.05, 4.69) is 20.2 Å². The zero-order chi connectivity index (χ0) is 19.6. The molecule has 0 bridgehead atoms. The summed E-state index contributed by atoms with van der Waals surface area (Å²) in [5.41, 5.74) is 1.01. The fourth-order valence-corrected chi connectivity index (χ4v) is 3.79. The maximum absolute atomic E-state index is 12.4. The molecule has 3 rings (SSSR count). The van der Waals surface area contributed by atoms with E-state index in [1.807, 2.05) is 45.2 Å². The van der Waals surface area contributed by atoms with Crippen LogP contribution in [0.5, 0.6) is 0 Å². The zero-order valence-corrected chi connectivity index (χ0v) is 17.0. The van der Waals surface area contributed by atoms with Gasteiger partial charge in [-0.3, -0.25) is 9.69 Å². The molecule has 2 aromatic heterocycles. The van der Waals surface area contributed by atoms with Gasteiger partial charge in [0.25, 0.3) is 5.56 Å². The minimum atomic E-state index is -0.517. The van der Waals surface area contributed by atoms with Crippen LogP contribution in [0.1, 0.15) is 39.0 Å². The normalized spacial score (nSPS) is 15.9. The van der Waals surface area contributed by atoms with Crippen LogP contribution >= 0.6 is 11.3 Å². The van der Waals surface area contributed by atoms with Crippen molar-refractivity contribution in [2.75, 3.05) is 13.1 Å². The summed E-state index contributed by atoms with van der Waals surface area (Å²) in [4.78, 5) is 35.1. The van der Waals surface area contributed by atoms with Crippen molar-refractivity contribution >= 4 is 17.4 Å². The Balaban J connectivity index is 1.65. The fraction of sp³-hybridized carbons (Fsp3) is 0.526. The summed E-state index contributed by atoms with van der Waals surface area (Å²) in [7, 11) is 0. The maximum atomic E-state index is 12.4. The number of hydrogen-bond donors (Lipinski definition) is 2. The number of alkyl carbamates (subject to hydrolysis) is 1. The van der Waals surface area contributed by atoms with Crippen molar-refractivity contribution in [3.8, 4) is 10.7 Å². The number of H-pyrrole nitrogens is 1. The van der Waals surface area contributed by atoms with Crippen molar-refractivity contribution in [3.05, 3.63) is 39.1 Å². The first-order valence-electron chi connectivity index (χ1n) is 9.09. The van der Waals surface area contributed by atoms with Crippen molar-refractivity contribution in [2.45, 2.75) is 52.3 Å². The zero-order valence-electron chi connectivity index (χ0n) is 16.2. The molecule has 0 saturated carbocycles. The number of thiophene rings is 1. The molecule has 8 heteroatoms. The first kappa shape index (κ1) is 19.6. The lowest BCUT2D eigenvalue weighted by atomic mass is 10.1. The van der Waals surface area contributed by atoms with Crippen LogP contribution in [0.2, 0.25) is 0 Å². The van der Waals surface area contributed by atoms with Gasteiger partial charge in [0.05, 0.1) is 10.6 Å². The fourth-order valence-electron chi connectivity index (χ4n) is 3.12. The predicted molar refractivity (Wildman–Crippen MR) is 106 cm³/mol. The molecular weight excluding hydrogens is 364 g/mol. The van der Waals surface area contributed by atoms with E-state index < -0.39 is 11.7 Å². The minimum Gasteiger partial charge on any atom is -0.444 e. The van der Waals surface area contributed by atoms with Crippen LogP contribution in [0.15, 0.2) is 22.3 Å². The number of rotatable bonds is 4. The third-order valence-corrected chi connectivity index (χ3v) is 5.08. The number of fused-ring (bicyclic) bond motifs is 1. The Kier molecular flexibility index (Phi) is 5.67. The molecule has 0 aromatic carbocycles. The molecule has 1 unspecified atom stereocenters. The number of carbonyl (C=O) groups excluding carboxylic acids is 1. The van der Waals surface area contributed by atoms with Gasteiger partial charge in [0.2, 0.25) is 0 Å². The lowest BCUT2D eigenvalue weighted by molar-refractivity contribution is 0.0495. The first-order chi connectivity index (χ1) is 12.7. The summed E-state index contributed by atoms with van der Waals surface area (Å²) < 4.78 is 5.30. The summed E-state index contributed by atoms with van der Waals surface area (Å²) >= 11 is 1.55. The van der Waals surface area contributed by atoms with E-state index in [9.17, 15) is 9.59 Å². The van der Waals surface area contributed by atoms with Crippen LogP contribution in [-0.4, -0.2) is 45.7 Å². The lowest BCUT2D eigenvalue weighted by Crippen LogP contribution is -2.46. The van der Waals surface area contributed by atoms with Crippen molar-refractivity contribution < 1.29 is 9.53 Å². The van der Waals surface area contributed by atoms with Gasteiger partial charge in [-0.05, 0) is 45.6 Å². The molecule has 27 heavy (non-hydrogen) atoms. The molecule has 2 N–H and O–H groups in total. The standard InChI is InChI=1S/C19H26N4O3S/c1-12(20-18(25)26-19(2,3)4)10-23-8-7-13-14(11-23)21-16(22-17(13)24)15-6-5-9-27-15/h5-6,9,12H,7-8,10-11H2,1-4H3,(H,20,25)(H,21,22,24). The van der Waals surface area contributed by atoms with Crippen molar-refractivity contribution in [1.82, 2.24) is 20.2 Å². The highest BCUT2D eigenvalue weighted by molar-refractivity contribution is 7.13. The van der Waals surface area contributed by atoms with E-state index >= 15 is 0 Å². The molecule has 0 radical (unpaired) electrons. The number of hydrogen-bond acceptors (Lipinski definition) is 6. The summed E-state index contributed by atoms with van der Waals surface area (Å²) in [5.74, 6) is 0.621. The van der Waals surface area contributed by atoms with Gasteiger partial charge in [0.1, 0.15) is 5.60 Å². The monoisotopic (exact) mass is 390 g/mol.